The molecule has 3 aliphatic rings. The summed E-state index contributed by atoms with van der Waals surface area (Å²) in [7, 11) is -0.781. The summed E-state index contributed by atoms with van der Waals surface area (Å²) in [5.74, 6) is 0.865. The normalized spacial score (nSPS) is 24.9. The molecule has 0 radical (unpaired) electrons. The fourth-order valence-corrected chi connectivity index (χ4v) is 4.91. The molecule has 0 N–H and O–H groups in total. The highest BCUT2D eigenvalue weighted by atomic mass is 16.7. The molecule has 2 heterocycles. The van der Waals surface area contributed by atoms with Crippen molar-refractivity contribution >= 4 is 25.2 Å². The van der Waals surface area contributed by atoms with Crippen LogP contribution in [0.15, 0.2) is 48.5 Å². The first-order valence-electron chi connectivity index (χ1n) is 13.5. The molecule has 198 valence electrons. The summed E-state index contributed by atoms with van der Waals surface area (Å²) in [6.45, 7) is 16.5. The first-order valence-corrected chi connectivity index (χ1v) is 13.5. The summed E-state index contributed by atoms with van der Waals surface area (Å²) in [6.07, 6.45) is 3.81. The highest BCUT2D eigenvalue weighted by Gasteiger charge is 2.52. The Morgan fingerprint density at radius 1 is 0.514 bits per heavy atom. The molecule has 1 saturated carbocycles. The van der Waals surface area contributed by atoms with E-state index in [0.29, 0.717) is 0 Å². The molecule has 0 unspecified atom stereocenters. The van der Waals surface area contributed by atoms with Crippen molar-refractivity contribution in [1.82, 2.24) is 0 Å². The predicted molar refractivity (Wildman–Crippen MR) is 147 cm³/mol. The van der Waals surface area contributed by atoms with Crippen LogP contribution in [-0.2, 0) is 18.6 Å². The number of hydrogen-bond donors (Lipinski definition) is 0. The number of ether oxygens (including phenoxy) is 2. The van der Waals surface area contributed by atoms with E-state index in [4.69, 9.17) is 28.1 Å². The molecular formula is C29H40B2O6. The van der Waals surface area contributed by atoms with Crippen LogP contribution in [-0.4, -0.2) is 42.4 Å². The lowest BCUT2D eigenvalue weighted by Gasteiger charge is -2.32. The number of benzene rings is 2. The highest BCUT2D eigenvalue weighted by molar-refractivity contribution is 6.62. The molecule has 0 atom stereocenters. The van der Waals surface area contributed by atoms with Crippen LogP contribution in [0.4, 0.5) is 0 Å². The van der Waals surface area contributed by atoms with Gasteiger partial charge >= 0.3 is 14.2 Å². The SMILES string of the molecule is CC1(C)OB(c2ccc(OC3(Oc4ccc(B5OC(C)(C)C(C)(C)O5)cc4)CCCC3)cc2)OC1(C)C. The van der Waals surface area contributed by atoms with E-state index in [9.17, 15) is 0 Å². The van der Waals surface area contributed by atoms with E-state index < -0.39 is 20.0 Å². The summed E-state index contributed by atoms with van der Waals surface area (Å²) in [4.78, 5) is 0. The van der Waals surface area contributed by atoms with Crippen LogP contribution in [0, 0.1) is 0 Å². The van der Waals surface area contributed by atoms with Crippen LogP contribution >= 0.6 is 0 Å². The van der Waals surface area contributed by atoms with Gasteiger partial charge in [0, 0.05) is 12.8 Å². The Balaban J connectivity index is 1.26. The Kier molecular flexibility index (Phi) is 6.51. The Bertz CT molecular complexity index is 989. The Labute approximate surface area is 222 Å². The van der Waals surface area contributed by atoms with E-state index in [1.807, 2.05) is 48.5 Å². The van der Waals surface area contributed by atoms with Gasteiger partial charge in [0.25, 0.3) is 5.79 Å². The summed E-state index contributed by atoms with van der Waals surface area (Å²) >= 11 is 0. The van der Waals surface area contributed by atoms with Crippen LogP contribution < -0.4 is 20.4 Å². The van der Waals surface area contributed by atoms with E-state index in [0.717, 1.165) is 48.1 Å². The van der Waals surface area contributed by atoms with Gasteiger partial charge < -0.3 is 28.1 Å². The molecule has 8 heteroatoms. The van der Waals surface area contributed by atoms with Crippen molar-refractivity contribution in [3.05, 3.63) is 48.5 Å². The van der Waals surface area contributed by atoms with Crippen molar-refractivity contribution in [2.24, 2.45) is 0 Å². The molecular weight excluding hydrogens is 466 g/mol. The van der Waals surface area contributed by atoms with Crippen molar-refractivity contribution in [2.45, 2.75) is 109 Å². The molecule has 2 aromatic carbocycles. The first-order chi connectivity index (χ1) is 17.2. The van der Waals surface area contributed by atoms with Crippen molar-refractivity contribution < 1.29 is 28.1 Å². The standard InChI is InChI=1S/C29H40B2O6/c1-25(2)26(3,4)35-30(34-25)21-11-15-23(16-12-21)32-29(19-9-10-20-29)33-24-17-13-22(14-18-24)31-36-27(5,6)28(7,8)37-31/h11-18H,9-10,19-20H2,1-8H3. The maximum atomic E-state index is 6.50. The first kappa shape index (κ1) is 26.6. The summed E-state index contributed by atoms with van der Waals surface area (Å²) < 4.78 is 37.7. The summed E-state index contributed by atoms with van der Waals surface area (Å²) in [5.41, 5.74) is 0.481. The fourth-order valence-electron chi connectivity index (χ4n) is 4.91. The van der Waals surface area contributed by atoms with Gasteiger partial charge in [-0.05, 0) is 103 Å². The van der Waals surface area contributed by atoms with Gasteiger partial charge in [-0.2, -0.15) is 0 Å². The minimum atomic E-state index is -0.683. The van der Waals surface area contributed by atoms with E-state index in [1.54, 1.807) is 0 Å². The largest absolute Gasteiger partial charge is 0.494 e. The zero-order valence-corrected chi connectivity index (χ0v) is 23.6. The summed E-state index contributed by atoms with van der Waals surface area (Å²) in [6, 6.07) is 16.0. The summed E-state index contributed by atoms with van der Waals surface area (Å²) in [5, 5.41) is 0. The molecule has 0 amide bonds. The van der Waals surface area contributed by atoms with Gasteiger partial charge in [0.1, 0.15) is 11.5 Å². The number of hydrogen-bond acceptors (Lipinski definition) is 6. The van der Waals surface area contributed by atoms with Crippen molar-refractivity contribution in [3.63, 3.8) is 0 Å². The monoisotopic (exact) mass is 506 g/mol. The molecule has 2 aliphatic heterocycles. The predicted octanol–water partition coefficient (Wildman–Crippen LogP) is 5.01. The lowest BCUT2D eigenvalue weighted by Crippen LogP contribution is -2.41. The van der Waals surface area contributed by atoms with E-state index in [-0.39, 0.29) is 22.4 Å². The van der Waals surface area contributed by atoms with Crippen LogP contribution in [0.1, 0.15) is 81.1 Å². The molecule has 2 saturated heterocycles. The average Bonchev–Trinajstić information content (AvgIpc) is 3.41. The molecule has 1 aliphatic carbocycles. The average molecular weight is 506 g/mol. The smallest absolute Gasteiger partial charge is 0.452 e. The lowest BCUT2D eigenvalue weighted by molar-refractivity contribution is -0.107. The van der Waals surface area contributed by atoms with Gasteiger partial charge in [0.15, 0.2) is 0 Å². The molecule has 0 bridgehead atoms. The second kappa shape index (κ2) is 9.04. The van der Waals surface area contributed by atoms with E-state index >= 15 is 0 Å². The third-order valence-electron chi connectivity index (χ3n) is 8.78. The molecule has 3 fully saturated rings. The minimum Gasteiger partial charge on any atom is -0.452 e. The minimum absolute atomic E-state index is 0.368. The quantitative estimate of drug-likeness (QED) is 0.406. The molecule has 0 spiro atoms. The Morgan fingerprint density at radius 2 is 0.811 bits per heavy atom. The van der Waals surface area contributed by atoms with Crippen LogP contribution in [0.2, 0.25) is 0 Å². The van der Waals surface area contributed by atoms with Crippen LogP contribution in [0.25, 0.3) is 0 Å². The van der Waals surface area contributed by atoms with Crippen molar-refractivity contribution in [1.29, 1.82) is 0 Å². The maximum Gasteiger partial charge on any atom is 0.494 e. The zero-order valence-electron chi connectivity index (χ0n) is 23.6. The second-order valence-corrected chi connectivity index (χ2v) is 12.6. The van der Waals surface area contributed by atoms with Crippen LogP contribution in [0.3, 0.4) is 0 Å². The number of rotatable bonds is 6. The molecule has 2 aromatic rings. The van der Waals surface area contributed by atoms with Gasteiger partial charge in [-0.3, -0.25) is 0 Å². The highest BCUT2D eigenvalue weighted by Crippen LogP contribution is 2.39. The molecule has 37 heavy (non-hydrogen) atoms. The lowest BCUT2D eigenvalue weighted by atomic mass is 9.79. The Hall–Kier alpha value is -1.99. The van der Waals surface area contributed by atoms with Crippen molar-refractivity contribution in [2.75, 3.05) is 0 Å². The molecule has 6 nitrogen and oxygen atoms in total. The van der Waals surface area contributed by atoms with E-state index in [1.165, 1.54) is 0 Å². The molecule has 5 rings (SSSR count). The Morgan fingerprint density at radius 3 is 1.11 bits per heavy atom. The van der Waals surface area contributed by atoms with Gasteiger partial charge in [0.2, 0.25) is 0 Å². The third-order valence-corrected chi connectivity index (χ3v) is 8.78. The topological polar surface area (TPSA) is 55.4 Å². The maximum absolute atomic E-state index is 6.50. The fraction of sp³-hybridized carbons (Fsp3) is 0.586. The zero-order chi connectivity index (χ0) is 26.7. The van der Waals surface area contributed by atoms with Gasteiger partial charge in [-0.1, -0.05) is 24.3 Å². The van der Waals surface area contributed by atoms with Gasteiger partial charge in [-0.15, -0.1) is 0 Å². The second-order valence-electron chi connectivity index (χ2n) is 12.6. The molecule has 0 aromatic heterocycles. The van der Waals surface area contributed by atoms with Crippen molar-refractivity contribution in [3.8, 4) is 11.5 Å². The van der Waals surface area contributed by atoms with Crippen LogP contribution in [0.5, 0.6) is 11.5 Å². The van der Waals surface area contributed by atoms with Gasteiger partial charge in [0.05, 0.1) is 22.4 Å². The van der Waals surface area contributed by atoms with E-state index in [2.05, 4.69) is 55.4 Å². The third kappa shape index (κ3) is 5.06. The van der Waals surface area contributed by atoms with Gasteiger partial charge in [-0.25, -0.2) is 0 Å².